The maximum absolute atomic E-state index is 14.5. The van der Waals surface area contributed by atoms with E-state index in [1.54, 1.807) is 25.2 Å². The Morgan fingerprint density at radius 1 is 1.33 bits per heavy atom. The number of rotatable bonds is 5. The molecule has 1 saturated heterocycles. The van der Waals surface area contributed by atoms with Crippen molar-refractivity contribution in [3.8, 4) is 17.6 Å². The van der Waals surface area contributed by atoms with Gasteiger partial charge in [-0.2, -0.15) is 18.0 Å². The quantitative estimate of drug-likeness (QED) is 0.660. The van der Waals surface area contributed by atoms with Gasteiger partial charge in [-0.3, -0.25) is 4.72 Å². The highest BCUT2D eigenvalue weighted by atomic mass is 32.2. The average Bonchev–Trinajstić information content (AvgIpc) is 3.31. The molecule has 0 amide bonds. The molecule has 0 bridgehead atoms. The fourth-order valence-corrected chi connectivity index (χ4v) is 4.44. The fraction of sp³-hybridized carbons (Fsp3) is 0.278. The molecule has 12 heteroatoms. The predicted molar refractivity (Wildman–Crippen MR) is 103 cm³/mol. The summed E-state index contributed by atoms with van der Waals surface area (Å²) in [5.74, 6) is -1.07. The van der Waals surface area contributed by atoms with Crippen LogP contribution >= 0.6 is 0 Å². The molecule has 2 heterocycles. The summed E-state index contributed by atoms with van der Waals surface area (Å²) in [7, 11) is -2.44. The van der Waals surface area contributed by atoms with Crippen molar-refractivity contribution in [2.75, 3.05) is 17.8 Å². The Morgan fingerprint density at radius 3 is 2.83 bits per heavy atom. The van der Waals surface area contributed by atoms with Crippen molar-refractivity contribution in [2.45, 2.75) is 12.6 Å². The zero-order valence-electron chi connectivity index (χ0n) is 15.7. The molecule has 1 aromatic heterocycles. The predicted octanol–water partition coefficient (Wildman–Crippen LogP) is 2.47. The Kier molecular flexibility index (Phi) is 5.00. The lowest BCUT2D eigenvalue weighted by atomic mass is 10.1. The highest BCUT2D eigenvalue weighted by Crippen LogP contribution is 2.34. The smallest absolute Gasteiger partial charge is 0.301 e. The third-order valence-electron chi connectivity index (χ3n) is 4.70. The van der Waals surface area contributed by atoms with E-state index in [4.69, 9.17) is 4.74 Å². The first-order valence-electron chi connectivity index (χ1n) is 8.90. The summed E-state index contributed by atoms with van der Waals surface area (Å²) in [4.78, 5) is 0. The molecular weight excluding hydrogens is 418 g/mol. The number of aromatic nitrogens is 3. The Balaban J connectivity index is 1.68. The summed E-state index contributed by atoms with van der Waals surface area (Å²) in [5.41, 5.74) is 0.722. The van der Waals surface area contributed by atoms with Crippen LogP contribution in [0.3, 0.4) is 0 Å². The van der Waals surface area contributed by atoms with Crippen LogP contribution in [0.4, 0.5) is 14.5 Å². The highest BCUT2D eigenvalue weighted by Gasteiger charge is 2.32. The second-order valence-corrected chi connectivity index (χ2v) is 8.40. The van der Waals surface area contributed by atoms with Crippen LogP contribution in [0.1, 0.15) is 12.0 Å². The molecule has 1 atom stereocenters. The van der Waals surface area contributed by atoms with Gasteiger partial charge < -0.3 is 4.74 Å². The van der Waals surface area contributed by atoms with Crippen molar-refractivity contribution in [3.63, 3.8) is 0 Å². The van der Waals surface area contributed by atoms with E-state index in [2.05, 4.69) is 15.0 Å². The number of anilines is 1. The number of fused-ring (bicyclic) bond motifs is 1. The summed E-state index contributed by atoms with van der Waals surface area (Å²) in [6, 6.07) is 8.60. The van der Waals surface area contributed by atoms with Gasteiger partial charge >= 0.3 is 10.2 Å². The summed E-state index contributed by atoms with van der Waals surface area (Å²) in [6.07, 6.45) is -1.16. The van der Waals surface area contributed by atoms with E-state index >= 15 is 0 Å². The Bertz CT molecular complexity index is 1270. The number of nitrogens with zero attached hydrogens (tertiary/aromatic N) is 5. The lowest BCUT2D eigenvalue weighted by molar-refractivity contribution is 0.343. The fourth-order valence-electron chi connectivity index (χ4n) is 3.15. The minimum atomic E-state index is -4.11. The number of alkyl halides is 1. The number of ether oxygens (including phenoxy) is 1. The molecule has 2 aromatic carbocycles. The van der Waals surface area contributed by atoms with Gasteiger partial charge in [0.15, 0.2) is 11.6 Å². The largest absolute Gasteiger partial charge is 0.453 e. The first-order valence-corrected chi connectivity index (χ1v) is 10.3. The molecule has 30 heavy (non-hydrogen) atoms. The van der Waals surface area contributed by atoms with Crippen LogP contribution in [-0.2, 0) is 17.3 Å². The number of aryl methyl sites for hydroxylation is 1. The number of hydrogen-bond acceptors (Lipinski definition) is 6. The van der Waals surface area contributed by atoms with Crippen LogP contribution < -0.4 is 9.46 Å². The lowest BCUT2D eigenvalue weighted by Crippen LogP contribution is -2.34. The molecule has 156 valence electrons. The molecule has 0 spiro atoms. The molecule has 1 N–H and O–H groups in total. The molecule has 1 aliphatic rings. The van der Waals surface area contributed by atoms with Crippen LogP contribution in [0.2, 0.25) is 0 Å². The van der Waals surface area contributed by atoms with Crippen molar-refractivity contribution in [1.82, 2.24) is 19.3 Å². The number of nitrogens with one attached hydrogen (secondary N) is 1. The summed E-state index contributed by atoms with van der Waals surface area (Å²) in [5, 5.41) is 17.4. The molecule has 1 aliphatic heterocycles. The first-order chi connectivity index (χ1) is 14.3. The molecule has 1 fully saturated rings. The second-order valence-electron chi connectivity index (χ2n) is 6.73. The van der Waals surface area contributed by atoms with E-state index in [0.717, 1.165) is 16.4 Å². The first kappa shape index (κ1) is 20.0. The Labute approximate surface area is 170 Å². The third-order valence-corrected chi connectivity index (χ3v) is 6.19. The monoisotopic (exact) mass is 434 g/mol. The summed E-state index contributed by atoms with van der Waals surface area (Å²) in [6.45, 7) is -0.262. The van der Waals surface area contributed by atoms with Gasteiger partial charge in [-0.25, -0.2) is 13.5 Å². The Morgan fingerprint density at radius 2 is 2.13 bits per heavy atom. The van der Waals surface area contributed by atoms with Crippen LogP contribution in [-0.4, -0.2) is 47.0 Å². The highest BCUT2D eigenvalue weighted by molar-refractivity contribution is 7.90. The van der Waals surface area contributed by atoms with Crippen LogP contribution in [0.25, 0.3) is 11.0 Å². The van der Waals surface area contributed by atoms with Crippen molar-refractivity contribution in [3.05, 3.63) is 41.7 Å². The Hall–Kier alpha value is -3.30. The van der Waals surface area contributed by atoms with Crippen molar-refractivity contribution in [2.24, 2.45) is 7.05 Å². The topological polar surface area (TPSA) is 113 Å². The van der Waals surface area contributed by atoms with Gasteiger partial charge in [0.2, 0.25) is 0 Å². The van der Waals surface area contributed by atoms with Crippen LogP contribution in [0.15, 0.2) is 30.3 Å². The number of halogens is 2. The van der Waals surface area contributed by atoms with E-state index in [1.165, 1.54) is 10.7 Å². The van der Waals surface area contributed by atoms with E-state index in [9.17, 15) is 22.5 Å². The van der Waals surface area contributed by atoms with Gasteiger partial charge in [-0.15, -0.1) is 5.10 Å². The minimum absolute atomic E-state index is 0.0156. The molecule has 0 radical (unpaired) electrons. The second kappa shape index (κ2) is 7.51. The molecule has 1 unspecified atom stereocenters. The normalized spacial score (nSPS) is 17.2. The molecule has 9 nitrogen and oxygen atoms in total. The van der Waals surface area contributed by atoms with Crippen LogP contribution in [0.5, 0.6) is 11.5 Å². The zero-order chi connectivity index (χ0) is 21.5. The summed E-state index contributed by atoms with van der Waals surface area (Å²) < 4.78 is 63.2. The van der Waals surface area contributed by atoms with E-state index in [-0.39, 0.29) is 36.5 Å². The van der Waals surface area contributed by atoms with Crippen molar-refractivity contribution in [1.29, 1.82) is 5.26 Å². The molecule has 0 aliphatic carbocycles. The van der Waals surface area contributed by atoms with Crippen molar-refractivity contribution >= 4 is 26.9 Å². The zero-order valence-corrected chi connectivity index (χ0v) is 16.5. The van der Waals surface area contributed by atoms with Gasteiger partial charge in [0.25, 0.3) is 0 Å². The van der Waals surface area contributed by atoms with E-state index < -0.39 is 27.9 Å². The molecule has 0 saturated carbocycles. The van der Waals surface area contributed by atoms with Crippen molar-refractivity contribution < 1.29 is 21.9 Å². The van der Waals surface area contributed by atoms with Gasteiger partial charge in [-0.05, 0) is 30.7 Å². The SMILES string of the molecule is Cn1nnc2ccc(Oc3c(F)ccc(NS(=O)(=O)N4CCC(F)C4)c3C#N)cc21. The summed E-state index contributed by atoms with van der Waals surface area (Å²) >= 11 is 0. The van der Waals surface area contributed by atoms with Gasteiger partial charge in [0.1, 0.15) is 29.1 Å². The van der Waals surface area contributed by atoms with Crippen LogP contribution in [0, 0.1) is 17.1 Å². The van der Waals surface area contributed by atoms with Gasteiger partial charge in [-0.1, -0.05) is 5.21 Å². The number of benzene rings is 2. The van der Waals surface area contributed by atoms with Gasteiger partial charge in [0, 0.05) is 26.2 Å². The molecule has 4 rings (SSSR count). The van der Waals surface area contributed by atoms with E-state index in [1.807, 2.05) is 0 Å². The molecular formula is C18H16F2N6O3S. The third kappa shape index (κ3) is 3.64. The standard InChI is InChI=1S/C18H16F2N6O3S/c1-25-17-8-12(2-4-16(17)22-24-25)29-18-13(9-21)15(5-3-14(18)20)23-30(27,28)26-7-6-11(19)10-26/h2-5,8,11,23H,6-7,10H2,1H3. The van der Waals surface area contributed by atoms with Gasteiger partial charge in [0.05, 0.1) is 11.2 Å². The maximum Gasteiger partial charge on any atom is 0.301 e. The average molecular weight is 434 g/mol. The van der Waals surface area contributed by atoms with E-state index in [0.29, 0.717) is 11.0 Å². The lowest BCUT2D eigenvalue weighted by Gasteiger charge is -2.18. The molecule has 3 aromatic rings. The minimum Gasteiger partial charge on any atom is -0.453 e. The number of hydrogen-bond donors (Lipinski definition) is 1. The maximum atomic E-state index is 14.5. The number of nitriles is 1.